The summed E-state index contributed by atoms with van der Waals surface area (Å²) < 4.78 is 0. The second-order valence-electron chi connectivity index (χ2n) is 5.69. The summed E-state index contributed by atoms with van der Waals surface area (Å²) in [5.41, 5.74) is 2.27. The molecule has 4 nitrogen and oxygen atoms in total. The lowest BCUT2D eigenvalue weighted by Crippen LogP contribution is -2.39. The van der Waals surface area contributed by atoms with Crippen molar-refractivity contribution in [3.05, 3.63) is 41.0 Å². The molecule has 0 saturated carbocycles. The van der Waals surface area contributed by atoms with E-state index >= 15 is 0 Å². The van der Waals surface area contributed by atoms with Crippen LogP contribution in [0.25, 0.3) is 6.08 Å². The molecule has 1 atom stereocenters. The fourth-order valence-electron chi connectivity index (χ4n) is 2.77. The molecule has 112 valence electrons. The number of benzene rings is 1. The van der Waals surface area contributed by atoms with E-state index in [9.17, 15) is 9.59 Å². The Morgan fingerprint density at radius 3 is 2.81 bits per heavy atom. The fraction of sp³-hybridized carbons (Fsp3) is 0.412. The highest BCUT2D eigenvalue weighted by Gasteiger charge is 2.23. The van der Waals surface area contributed by atoms with E-state index in [-0.39, 0.29) is 5.91 Å². The van der Waals surface area contributed by atoms with Gasteiger partial charge in [-0.25, -0.2) is 4.79 Å². The third-order valence-electron chi connectivity index (χ3n) is 3.96. The maximum absolute atomic E-state index is 12.6. The average Bonchev–Trinajstić information content (AvgIpc) is 2.45. The second kappa shape index (κ2) is 6.57. The van der Waals surface area contributed by atoms with Crippen molar-refractivity contribution < 1.29 is 14.7 Å². The Hall–Kier alpha value is -2.10. The number of carboxylic acid groups (broad SMARTS) is 1. The highest BCUT2D eigenvalue weighted by molar-refractivity contribution is 5.97. The van der Waals surface area contributed by atoms with Crippen LogP contribution < -0.4 is 0 Å². The standard InChI is InChI=1S/C17H21NO3/c1-12-5-4-10-18(11-12)17(21)15-7-3-6-14(13(15)2)8-9-16(19)20/h3,6-9,12H,4-5,10-11H2,1-2H3,(H,19,20). The van der Waals surface area contributed by atoms with Crippen LogP contribution in [-0.2, 0) is 4.79 Å². The van der Waals surface area contributed by atoms with Crippen LogP contribution in [-0.4, -0.2) is 35.0 Å². The van der Waals surface area contributed by atoms with Crippen molar-refractivity contribution in [2.45, 2.75) is 26.7 Å². The van der Waals surface area contributed by atoms with Gasteiger partial charge in [0.1, 0.15) is 0 Å². The normalized spacial score (nSPS) is 19.0. The van der Waals surface area contributed by atoms with Crippen molar-refractivity contribution in [1.29, 1.82) is 0 Å². The zero-order valence-electron chi connectivity index (χ0n) is 12.5. The zero-order valence-corrected chi connectivity index (χ0v) is 12.5. The van der Waals surface area contributed by atoms with E-state index in [0.29, 0.717) is 11.5 Å². The number of hydrogen-bond acceptors (Lipinski definition) is 2. The summed E-state index contributed by atoms with van der Waals surface area (Å²) in [4.78, 5) is 25.2. The molecule has 0 aromatic heterocycles. The number of hydrogen-bond donors (Lipinski definition) is 1. The number of aliphatic carboxylic acids is 1. The molecule has 2 rings (SSSR count). The first kappa shape index (κ1) is 15.3. The molecule has 1 amide bonds. The van der Waals surface area contributed by atoms with E-state index in [0.717, 1.165) is 36.7 Å². The molecule has 0 aliphatic carbocycles. The summed E-state index contributed by atoms with van der Waals surface area (Å²) in [5.74, 6) is -0.404. The SMILES string of the molecule is Cc1c(C=CC(=O)O)cccc1C(=O)N1CCCC(C)C1. The van der Waals surface area contributed by atoms with Gasteiger partial charge in [0.25, 0.3) is 5.91 Å². The van der Waals surface area contributed by atoms with Crippen LogP contribution in [0.2, 0.25) is 0 Å². The van der Waals surface area contributed by atoms with E-state index in [1.54, 1.807) is 6.07 Å². The summed E-state index contributed by atoms with van der Waals surface area (Å²) in [6.07, 6.45) is 4.85. The molecule has 1 aliphatic rings. The van der Waals surface area contributed by atoms with E-state index in [2.05, 4.69) is 6.92 Å². The van der Waals surface area contributed by atoms with E-state index in [4.69, 9.17) is 5.11 Å². The van der Waals surface area contributed by atoms with Gasteiger partial charge >= 0.3 is 5.97 Å². The lowest BCUT2D eigenvalue weighted by molar-refractivity contribution is -0.131. The lowest BCUT2D eigenvalue weighted by atomic mass is 9.97. The van der Waals surface area contributed by atoms with Crippen molar-refractivity contribution in [3.63, 3.8) is 0 Å². The molecule has 4 heteroatoms. The molecular weight excluding hydrogens is 266 g/mol. The van der Waals surface area contributed by atoms with Gasteiger partial charge in [0.15, 0.2) is 0 Å². The molecule has 1 unspecified atom stereocenters. The summed E-state index contributed by atoms with van der Waals surface area (Å²) in [6.45, 7) is 5.63. The number of nitrogens with zero attached hydrogens (tertiary/aromatic N) is 1. The van der Waals surface area contributed by atoms with Crippen LogP contribution in [0.4, 0.5) is 0 Å². The first-order valence-corrected chi connectivity index (χ1v) is 7.29. The van der Waals surface area contributed by atoms with Gasteiger partial charge in [-0.2, -0.15) is 0 Å². The quantitative estimate of drug-likeness (QED) is 0.870. The van der Waals surface area contributed by atoms with Crippen molar-refractivity contribution in [2.24, 2.45) is 5.92 Å². The molecule has 1 saturated heterocycles. The van der Waals surface area contributed by atoms with Gasteiger partial charge in [0.05, 0.1) is 0 Å². The molecule has 1 aromatic carbocycles. The van der Waals surface area contributed by atoms with E-state index in [1.165, 1.54) is 12.5 Å². The Morgan fingerprint density at radius 1 is 1.38 bits per heavy atom. The highest BCUT2D eigenvalue weighted by Crippen LogP contribution is 2.21. The molecule has 1 aromatic rings. The third-order valence-corrected chi connectivity index (χ3v) is 3.96. The fourth-order valence-corrected chi connectivity index (χ4v) is 2.77. The minimum absolute atomic E-state index is 0.0459. The minimum Gasteiger partial charge on any atom is -0.478 e. The summed E-state index contributed by atoms with van der Waals surface area (Å²) in [7, 11) is 0. The Balaban J connectivity index is 2.25. The van der Waals surface area contributed by atoms with Crippen molar-refractivity contribution in [2.75, 3.05) is 13.1 Å². The first-order chi connectivity index (χ1) is 9.99. The molecule has 1 fully saturated rings. The van der Waals surface area contributed by atoms with Crippen LogP contribution in [0.15, 0.2) is 24.3 Å². The zero-order chi connectivity index (χ0) is 15.4. The van der Waals surface area contributed by atoms with Crippen LogP contribution >= 0.6 is 0 Å². The number of amides is 1. The summed E-state index contributed by atoms with van der Waals surface area (Å²) in [5, 5.41) is 8.72. The third kappa shape index (κ3) is 3.72. The Bertz CT molecular complexity index is 577. The predicted octanol–water partition coefficient (Wildman–Crippen LogP) is 2.96. The van der Waals surface area contributed by atoms with Crippen LogP contribution in [0, 0.1) is 12.8 Å². The summed E-state index contributed by atoms with van der Waals surface area (Å²) >= 11 is 0. The van der Waals surface area contributed by atoms with E-state index < -0.39 is 5.97 Å². The molecule has 0 bridgehead atoms. The smallest absolute Gasteiger partial charge is 0.328 e. The van der Waals surface area contributed by atoms with Gasteiger partial charge in [-0.15, -0.1) is 0 Å². The molecule has 1 aliphatic heterocycles. The van der Waals surface area contributed by atoms with Gasteiger partial charge in [0, 0.05) is 24.7 Å². The number of carboxylic acids is 1. The van der Waals surface area contributed by atoms with Crippen LogP contribution in [0.3, 0.4) is 0 Å². The number of likely N-dealkylation sites (tertiary alicyclic amines) is 1. The Labute approximate surface area is 125 Å². The molecule has 1 heterocycles. The van der Waals surface area contributed by atoms with Crippen molar-refractivity contribution in [1.82, 2.24) is 4.90 Å². The maximum Gasteiger partial charge on any atom is 0.328 e. The predicted molar refractivity (Wildman–Crippen MR) is 82.2 cm³/mol. The van der Waals surface area contributed by atoms with Gasteiger partial charge in [0.2, 0.25) is 0 Å². The maximum atomic E-state index is 12.6. The number of carbonyl (C=O) groups is 2. The second-order valence-corrected chi connectivity index (χ2v) is 5.69. The minimum atomic E-state index is -0.990. The Morgan fingerprint density at radius 2 is 2.14 bits per heavy atom. The van der Waals surface area contributed by atoms with Gasteiger partial charge in [-0.05, 0) is 49.0 Å². The van der Waals surface area contributed by atoms with Gasteiger partial charge in [-0.3, -0.25) is 4.79 Å². The van der Waals surface area contributed by atoms with Crippen molar-refractivity contribution >= 4 is 18.0 Å². The van der Waals surface area contributed by atoms with Crippen molar-refractivity contribution in [3.8, 4) is 0 Å². The number of piperidine rings is 1. The lowest BCUT2D eigenvalue weighted by Gasteiger charge is -2.31. The number of carbonyl (C=O) groups excluding carboxylic acids is 1. The van der Waals surface area contributed by atoms with Crippen LogP contribution in [0.1, 0.15) is 41.3 Å². The first-order valence-electron chi connectivity index (χ1n) is 7.29. The molecule has 0 radical (unpaired) electrons. The molecular formula is C17H21NO3. The topological polar surface area (TPSA) is 57.6 Å². The van der Waals surface area contributed by atoms with Crippen LogP contribution in [0.5, 0.6) is 0 Å². The average molecular weight is 287 g/mol. The summed E-state index contributed by atoms with van der Waals surface area (Å²) in [6, 6.07) is 5.44. The molecule has 1 N–H and O–H groups in total. The molecule has 0 spiro atoms. The number of rotatable bonds is 3. The van der Waals surface area contributed by atoms with Gasteiger partial charge < -0.3 is 10.0 Å². The molecule has 21 heavy (non-hydrogen) atoms. The van der Waals surface area contributed by atoms with Gasteiger partial charge in [-0.1, -0.05) is 19.1 Å². The highest BCUT2D eigenvalue weighted by atomic mass is 16.4. The monoisotopic (exact) mass is 287 g/mol. The largest absolute Gasteiger partial charge is 0.478 e. The Kier molecular flexibility index (Phi) is 4.78. The van der Waals surface area contributed by atoms with E-state index in [1.807, 2.05) is 24.0 Å².